The van der Waals surface area contributed by atoms with E-state index in [0.717, 1.165) is 49.1 Å². The van der Waals surface area contributed by atoms with E-state index in [4.69, 9.17) is 0 Å². The quantitative estimate of drug-likeness (QED) is 0.437. The van der Waals surface area contributed by atoms with Crippen molar-refractivity contribution in [1.29, 1.82) is 0 Å². The van der Waals surface area contributed by atoms with Crippen LogP contribution in [-0.2, 0) is 19.4 Å². The highest BCUT2D eigenvalue weighted by atomic mass is 127. The monoisotopic (exact) mass is 456 g/mol. The van der Waals surface area contributed by atoms with Gasteiger partial charge in [0.2, 0.25) is 0 Å². The molecule has 2 heterocycles. The zero-order valence-corrected chi connectivity index (χ0v) is 17.6. The average molecular weight is 456 g/mol. The molecule has 6 heteroatoms. The van der Waals surface area contributed by atoms with E-state index in [1.54, 1.807) is 11.3 Å². The average Bonchev–Trinajstić information content (AvgIpc) is 2.89. The highest BCUT2D eigenvalue weighted by Gasteiger charge is 2.18. The van der Waals surface area contributed by atoms with Gasteiger partial charge in [0.1, 0.15) is 0 Å². The molecule has 1 aliphatic rings. The van der Waals surface area contributed by atoms with Crippen LogP contribution in [0.1, 0.15) is 26.7 Å². The molecule has 0 fully saturated rings. The smallest absolute Gasteiger partial charge is 0.193 e. The van der Waals surface area contributed by atoms with E-state index in [9.17, 15) is 0 Å². The fourth-order valence-electron chi connectivity index (χ4n) is 3.10. The molecule has 0 unspecified atom stereocenters. The van der Waals surface area contributed by atoms with Gasteiger partial charge >= 0.3 is 0 Å². The number of fused-ring (bicyclic) bond motifs is 1. The molecule has 0 amide bonds. The van der Waals surface area contributed by atoms with Crippen LogP contribution in [-0.4, -0.2) is 36.0 Å². The van der Waals surface area contributed by atoms with Gasteiger partial charge in [0.25, 0.3) is 0 Å². The van der Waals surface area contributed by atoms with Crippen molar-refractivity contribution in [3.63, 3.8) is 0 Å². The summed E-state index contributed by atoms with van der Waals surface area (Å²) in [5.41, 5.74) is 4.04. The summed E-state index contributed by atoms with van der Waals surface area (Å²) in [5.74, 6) is 0.999. The molecule has 0 atom stereocenters. The lowest BCUT2D eigenvalue weighted by atomic mass is 10.0. The molecule has 0 bridgehead atoms. The van der Waals surface area contributed by atoms with E-state index in [2.05, 4.69) is 58.3 Å². The van der Waals surface area contributed by atoms with E-state index < -0.39 is 0 Å². The van der Waals surface area contributed by atoms with Crippen LogP contribution < -0.4 is 5.32 Å². The minimum atomic E-state index is 0. The summed E-state index contributed by atoms with van der Waals surface area (Å²) in [4.78, 5) is 12.7. The molecule has 0 aliphatic carbocycles. The number of aromatic nitrogens is 1. The van der Waals surface area contributed by atoms with Crippen molar-refractivity contribution >= 4 is 41.3 Å². The van der Waals surface area contributed by atoms with E-state index >= 15 is 0 Å². The first-order chi connectivity index (χ1) is 11.2. The van der Waals surface area contributed by atoms with Gasteiger partial charge < -0.3 is 10.2 Å². The van der Waals surface area contributed by atoms with Gasteiger partial charge in [-0.05, 0) is 31.4 Å². The summed E-state index contributed by atoms with van der Waals surface area (Å²) in [6.45, 7) is 7.02. The number of hydrogen-bond acceptors (Lipinski definition) is 3. The fourth-order valence-corrected chi connectivity index (χ4v) is 4.04. The molecular formula is C18H25IN4S. The number of halogens is 1. The molecule has 0 saturated heterocycles. The third-order valence-corrected chi connectivity index (χ3v) is 5.41. The molecule has 24 heavy (non-hydrogen) atoms. The number of nitrogens with one attached hydrogen (secondary N) is 1. The van der Waals surface area contributed by atoms with Gasteiger partial charge in [-0.25, -0.2) is 4.98 Å². The van der Waals surface area contributed by atoms with Gasteiger partial charge in [-0.2, -0.15) is 0 Å². The molecule has 3 rings (SSSR count). The lowest BCUT2D eigenvalue weighted by Gasteiger charge is -2.31. The van der Waals surface area contributed by atoms with Crippen LogP contribution in [0.3, 0.4) is 0 Å². The van der Waals surface area contributed by atoms with Crippen LogP contribution >= 0.6 is 35.3 Å². The molecule has 0 radical (unpaired) electrons. The predicted octanol–water partition coefficient (Wildman–Crippen LogP) is 3.55. The van der Waals surface area contributed by atoms with Gasteiger partial charge in [0.15, 0.2) is 5.96 Å². The zero-order valence-electron chi connectivity index (χ0n) is 14.5. The largest absolute Gasteiger partial charge is 0.356 e. The summed E-state index contributed by atoms with van der Waals surface area (Å²) in [6.07, 6.45) is 2.09. The number of aryl methyl sites for hydroxylation is 2. The number of aliphatic imine (C=N–C) groups is 1. The van der Waals surface area contributed by atoms with Crippen LogP contribution in [0.5, 0.6) is 0 Å². The highest BCUT2D eigenvalue weighted by Crippen LogP contribution is 2.19. The number of hydrogen-bond donors (Lipinski definition) is 1. The second kappa shape index (κ2) is 8.80. The minimum Gasteiger partial charge on any atom is -0.356 e. The van der Waals surface area contributed by atoms with Crippen LogP contribution in [0, 0.1) is 13.8 Å². The molecule has 2 aromatic rings. The molecule has 4 nitrogen and oxygen atoms in total. The summed E-state index contributed by atoms with van der Waals surface area (Å²) < 4.78 is 0. The molecule has 130 valence electrons. The summed E-state index contributed by atoms with van der Waals surface area (Å²) in [7, 11) is 1.87. The molecular weight excluding hydrogens is 431 g/mol. The van der Waals surface area contributed by atoms with E-state index in [1.165, 1.54) is 16.0 Å². The van der Waals surface area contributed by atoms with E-state index in [0.29, 0.717) is 0 Å². The van der Waals surface area contributed by atoms with Gasteiger partial charge in [0.05, 0.1) is 10.7 Å². The molecule has 1 aliphatic heterocycles. The molecule has 0 saturated carbocycles. The third-order valence-electron chi connectivity index (χ3n) is 4.28. The van der Waals surface area contributed by atoms with Crippen molar-refractivity contribution < 1.29 is 0 Å². The standard InChI is InChI=1S/C18H24N4S.HI/c1-13-17(23-14(2)21-13)8-10-20-18(19-3)22-11-9-15-6-4-5-7-16(15)12-22;/h4-7H,8-12H2,1-3H3,(H,19,20);1H. The number of rotatable bonds is 3. The molecule has 1 aromatic heterocycles. The first-order valence-electron chi connectivity index (χ1n) is 8.12. The summed E-state index contributed by atoms with van der Waals surface area (Å²) in [6, 6.07) is 8.70. The van der Waals surface area contributed by atoms with Crippen molar-refractivity contribution in [3.05, 3.63) is 51.0 Å². The Balaban J connectivity index is 0.00000208. The second-order valence-corrected chi connectivity index (χ2v) is 7.19. The molecule has 1 aromatic carbocycles. The summed E-state index contributed by atoms with van der Waals surface area (Å²) in [5, 5.41) is 4.66. The van der Waals surface area contributed by atoms with Crippen molar-refractivity contribution in [2.45, 2.75) is 33.2 Å². The Kier molecular flexibility index (Phi) is 7.03. The van der Waals surface area contributed by atoms with Gasteiger partial charge in [0, 0.05) is 38.0 Å². The number of benzene rings is 1. The van der Waals surface area contributed by atoms with E-state index in [-0.39, 0.29) is 24.0 Å². The predicted molar refractivity (Wildman–Crippen MR) is 113 cm³/mol. The maximum absolute atomic E-state index is 4.49. The number of guanidine groups is 1. The van der Waals surface area contributed by atoms with Gasteiger partial charge in [-0.15, -0.1) is 35.3 Å². The summed E-state index contributed by atoms with van der Waals surface area (Å²) >= 11 is 1.80. The SMILES string of the molecule is CN=C(NCCc1sc(C)nc1C)N1CCc2ccccc2C1.I. The van der Waals surface area contributed by atoms with Crippen LogP contribution in [0.2, 0.25) is 0 Å². The van der Waals surface area contributed by atoms with Crippen LogP contribution in [0.4, 0.5) is 0 Å². The van der Waals surface area contributed by atoms with E-state index in [1.807, 2.05) is 7.05 Å². The van der Waals surface area contributed by atoms with Crippen molar-refractivity contribution in [3.8, 4) is 0 Å². The molecule has 0 spiro atoms. The first-order valence-corrected chi connectivity index (χ1v) is 8.94. The topological polar surface area (TPSA) is 40.5 Å². The Morgan fingerprint density at radius 1 is 1.29 bits per heavy atom. The number of thiazole rings is 1. The van der Waals surface area contributed by atoms with Crippen molar-refractivity contribution in [2.75, 3.05) is 20.1 Å². The van der Waals surface area contributed by atoms with Crippen LogP contribution in [0.15, 0.2) is 29.3 Å². The van der Waals surface area contributed by atoms with Crippen molar-refractivity contribution in [2.24, 2.45) is 4.99 Å². The lowest BCUT2D eigenvalue weighted by Crippen LogP contribution is -2.44. The first kappa shape index (κ1) is 19.2. The van der Waals surface area contributed by atoms with Crippen molar-refractivity contribution in [1.82, 2.24) is 15.2 Å². The minimum absolute atomic E-state index is 0. The Labute approximate surface area is 165 Å². The number of nitrogens with zero attached hydrogens (tertiary/aromatic N) is 3. The maximum atomic E-state index is 4.49. The highest BCUT2D eigenvalue weighted by molar-refractivity contribution is 14.0. The van der Waals surface area contributed by atoms with Gasteiger partial charge in [-0.3, -0.25) is 4.99 Å². The Bertz CT molecular complexity index is 711. The normalized spacial score (nSPS) is 14.1. The second-order valence-electron chi connectivity index (χ2n) is 5.91. The molecule has 1 N–H and O–H groups in total. The Hall–Kier alpha value is -1.15. The van der Waals surface area contributed by atoms with Gasteiger partial charge in [-0.1, -0.05) is 24.3 Å². The fraction of sp³-hybridized carbons (Fsp3) is 0.444. The Morgan fingerprint density at radius 2 is 2.04 bits per heavy atom. The van der Waals surface area contributed by atoms with Crippen LogP contribution in [0.25, 0.3) is 0 Å². The zero-order chi connectivity index (χ0) is 16.2. The Morgan fingerprint density at radius 3 is 2.71 bits per heavy atom. The lowest BCUT2D eigenvalue weighted by molar-refractivity contribution is 0.379. The third kappa shape index (κ3) is 4.47. The maximum Gasteiger partial charge on any atom is 0.193 e.